The van der Waals surface area contributed by atoms with Crippen LogP contribution in [0.1, 0.15) is 25.3 Å². The van der Waals surface area contributed by atoms with E-state index < -0.39 is 0 Å². The van der Waals surface area contributed by atoms with Gasteiger partial charge in [-0.15, -0.1) is 0 Å². The lowest BCUT2D eigenvalue weighted by Crippen LogP contribution is -2.36. The van der Waals surface area contributed by atoms with Crippen LogP contribution < -0.4 is 4.74 Å². The van der Waals surface area contributed by atoms with E-state index in [9.17, 15) is 9.59 Å². The molecule has 6 heteroatoms. The molecule has 0 saturated heterocycles. The lowest BCUT2D eigenvalue weighted by Gasteiger charge is -2.23. The van der Waals surface area contributed by atoms with Crippen LogP contribution in [0.5, 0.6) is 5.75 Å². The molecule has 140 valence electrons. The van der Waals surface area contributed by atoms with Crippen molar-refractivity contribution in [1.82, 2.24) is 9.80 Å². The minimum absolute atomic E-state index is 0.0215. The van der Waals surface area contributed by atoms with Gasteiger partial charge in [0.25, 0.3) is 0 Å². The van der Waals surface area contributed by atoms with E-state index in [2.05, 4.69) is 4.90 Å². The van der Waals surface area contributed by atoms with E-state index >= 15 is 0 Å². The number of methoxy groups -OCH3 is 1. The summed E-state index contributed by atoms with van der Waals surface area (Å²) in [4.78, 5) is 28.1. The molecule has 0 fully saturated rings. The van der Waals surface area contributed by atoms with Gasteiger partial charge >= 0.3 is 5.97 Å². The topological polar surface area (TPSA) is 59.1 Å². The van der Waals surface area contributed by atoms with Gasteiger partial charge in [-0.25, -0.2) is 0 Å². The van der Waals surface area contributed by atoms with Crippen molar-refractivity contribution in [3.8, 4) is 5.75 Å². The van der Waals surface area contributed by atoms with E-state index in [1.54, 1.807) is 18.9 Å². The molecule has 25 heavy (non-hydrogen) atoms. The normalized spacial score (nSPS) is 10.6. The highest BCUT2D eigenvalue weighted by Gasteiger charge is 2.16. The Balaban J connectivity index is 2.63. The third-order valence-corrected chi connectivity index (χ3v) is 3.79. The van der Waals surface area contributed by atoms with Crippen molar-refractivity contribution in [2.24, 2.45) is 0 Å². The zero-order valence-corrected chi connectivity index (χ0v) is 15.8. The monoisotopic (exact) mass is 350 g/mol. The van der Waals surface area contributed by atoms with Gasteiger partial charge in [-0.1, -0.05) is 12.1 Å². The predicted octanol–water partition coefficient (Wildman–Crippen LogP) is 1.97. The van der Waals surface area contributed by atoms with E-state index in [0.29, 0.717) is 26.1 Å². The average Bonchev–Trinajstić information content (AvgIpc) is 2.58. The summed E-state index contributed by atoms with van der Waals surface area (Å²) in [6, 6.07) is 7.47. The Bertz CT molecular complexity index is 529. The summed E-state index contributed by atoms with van der Waals surface area (Å²) in [6.45, 7) is 4.06. The van der Waals surface area contributed by atoms with Crippen molar-refractivity contribution in [3.05, 3.63) is 29.8 Å². The number of hydrogen-bond donors (Lipinski definition) is 0. The molecule has 1 aromatic rings. The first-order chi connectivity index (χ1) is 12.0. The van der Waals surface area contributed by atoms with Gasteiger partial charge in [0, 0.05) is 13.1 Å². The second-order valence-corrected chi connectivity index (χ2v) is 6.12. The molecule has 0 aromatic heterocycles. The minimum atomic E-state index is -0.266. The van der Waals surface area contributed by atoms with Gasteiger partial charge in [-0.2, -0.15) is 0 Å². The maximum absolute atomic E-state index is 12.6. The van der Waals surface area contributed by atoms with Gasteiger partial charge in [0.15, 0.2) is 0 Å². The first-order valence-electron chi connectivity index (χ1n) is 8.67. The first kappa shape index (κ1) is 21.0. The molecule has 0 radical (unpaired) electrons. The smallest absolute Gasteiger partial charge is 0.307 e. The summed E-state index contributed by atoms with van der Waals surface area (Å²) >= 11 is 0. The largest absolute Gasteiger partial charge is 0.497 e. The Morgan fingerprint density at radius 1 is 1.04 bits per heavy atom. The zero-order valence-electron chi connectivity index (χ0n) is 15.8. The van der Waals surface area contributed by atoms with E-state index in [4.69, 9.17) is 9.47 Å². The molecular formula is C19H30N2O4. The second kappa shape index (κ2) is 11.5. The van der Waals surface area contributed by atoms with Crippen LogP contribution in [0.2, 0.25) is 0 Å². The maximum atomic E-state index is 12.6. The molecule has 1 amide bonds. The highest BCUT2D eigenvalue weighted by atomic mass is 16.5. The van der Waals surface area contributed by atoms with Crippen LogP contribution in [0.25, 0.3) is 0 Å². The van der Waals surface area contributed by atoms with Crippen molar-refractivity contribution in [3.63, 3.8) is 0 Å². The number of ether oxygens (including phenoxy) is 2. The SMILES string of the molecule is CCOC(=O)CCN(CCCN(C)C)C(=O)Cc1ccc(OC)cc1. The molecule has 0 heterocycles. The fraction of sp³-hybridized carbons (Fsp3) is 0.579. The third kappa shape index (κ3) is 8.54. The third-order valence-electron chi connectivity index (χ3n) is 3.79. The summed E-state index contributed by atoms with van der Waals surface area (Å²) in [6.07, 6.45) is 1.41. The molecule has 0 spiro atoms. The Labute approximate surface area is 150 Å². The zero-order chi connectivity index (χ0) is 18.7. The fourth-order valence-electron chi connectivity index (χ4n) is 2.43. The molecule has 0 N–H and O–H groups in total. The van der Waals surface area contributed by atoms with Crippen LogP contribution in [-0.2, 0) is 20.7 Å². The number of benzene rings is 1. The lowest BCUT2D eigenvalue weighted by molar-refractivity contribution is -0.144. The standard InChI is InChI=1S/C19H30N2O4/c1-5-25-19(23)11-14-21(13-6-12-20(2)3)18(22)15-16-7-9-17(24-4)10-8-16/h7-10H,5-6,11-15H2,1-4H3. The van der Waals surface area contributed by atoms with E-state index in [1.165, 1.54) is 0 Å². The molecule has 6 nitrogen and oxygen atoms in total. The van der Waals surface area contributed by atoms with Crippen LogP contribution in [0, 0.1) is 0 Å². The number of esters is 1. The summed E-state index contributed by atoms with van der Waals surface area (Å²) in [5, 5.41) is 0. The van der Waals surface area contributed by atoms with Crippen LogP contribution in [-0.4, -0.2) is 69.1 Å². The number of amides is 1. The van der Waals surface area contributed by atoms with Gasteiger partial charge < -0.3 is 19.3 Å². The molecule has 0 aliphatic carbocycles. The molecular weight excluding hydrogens is 320 g/mol. The maximum Gasteiger partial charge on any atom is 0.307 e. The van der Waals surface area contributed by atoms with Crippen molar-refractivity contribution in [2.45, 2.75) is 26.2 Å². The Kier molecular flexibility index (Phi) is 9.62. The minimum Gasteiger partial charge on any atom is -0.497 e. The second-order valence-electron chi connectivity index (χ2n) is 6.12. The van der Waals surface area contributed by atoms with Gasteiger partial charge in [0.1, 0.15) is 5.75 Å². The number of rotatable bonds is 11. The van der Waals surface area contributed by atoms with Crippen LogP contribution >= 0.6 is 0 Å². The summed E-state index contributed by atoms with van der Waals surface area (Å²) in [7, 11) is 5.62. The Morgan fingerprint density at radius 2 is 1.72 bits per heavy atom. The Morgan fingerprint density at radius 3 is 2.28 bits per heavy atom. The van der Waals surface area contributed by atoms with Gasteiger partial charge in [-0.05, 0) is 51.7 Å². The molecule has 0 saturated carbocycles. The van der Waals surface area contributed by atoms with E-state index in [1.807, 2.05) is 38.4 Å². The number of carbonyl (C=O) groups excluding carboxylic acids is 2. The van der Waals surface area contributed by atoms with Crippen molar-refractivity contribution in [1.29, 1.82) is 0 Å². The highest BCUT2D eigenvalue weighted by molar-refractivity contribution is 5.79. The Hall–Kier alpha value is -2.08. The lowest BCUT2D eigenvalue weighted by atomic mass is 10.1. The van der Waals surface area contributed by atoms with Gasteiger partial charge in [0.2, 0.25) is 5.91 Å². The fourth-order valence-corrected chi connectivity index (χ4v) is 2.43. The van der Waals surface area contributed by atoms with Crippen molar-refractivity contribution < 1.29 is 19.1 Å². The van der Waals surface area contributed by atoms with Crippen molar-refractivity contribution in [2.75, 3.05) is 47.4 Å². The molecule has 1 aromatic carbocycles. The molecule has 0 atom stereocenters. The number of carbonyl (C=O) groups is 2. The quantitative estimate of drug-likeness (QED) is 0.571. The summed E-state index contributed by atoms with van der Waals surface area (Å²) < 4.78 is 10.1. The summed E-state index contributed by atoms with van der Waals surface area (Å²) in [5.41, 5.74) is 0.930. The molecule has 1 rings (SSSR count). The van der Waals surface area contributed by atoms with Crippen LogP contribution in [0.15, 0.2) is 24.3 Å². The number of hydrogen-bond acceptors (Lipinski definition) is 5. The predicted molar refractivity (Wildman–Crippen MR) is 97.7 cm³/mol. The van der Waals surface area contributed by atoms with Gasteiger partial charge in [-0.3, -0.25) is 9.59 Å². The van der Waals surface area contributed by atoms with Crippen molar-refractivity contribution >= 4 is 11.9 Å². The summed E-state index contributed by atoms with van der Waals surface area (Å²) in [5.74, 6) is 0.520. The van der Waals surface area contributed by atoms with Crippen LogP contribution in [0.3, 0.4) is 0 Å². The van der Waals surface area contributed by atoms with Gasteiger partial charge in [0.05, 0.1) is 26.6 Å². The number of nitrogens with zero attached hydrogens (tertiary/aromatic N) is 2. The van der Waals surface area contributed by atoms with E-state index in [0.717, 1.165) is 24.3 Å². The molecule has 0 bridgehead atoms. The van der Waals surface area contributed by atoms with E-state index in [-0.39, 0.29) is 18.3 Å². The average molecular weight is 350 g/mol. The van der Waals surface area contributed by atoms with Crippen LogP contribution in [0.4, 0.5) is 0 Å². The molecule has 0 unspecified atom stereocenters. The highest BCUT2D eigenvalue weighted by Crippen LogP contribution is 2.13. The molecule has 0 aliphatic heterocycles. The molecule has 0 aliphatic rings. The first-order valence-corrected chi connectivity index (χ1v) is 8.67.